The molecule has 0 N–H and O–H groups in total. The first-order valence-corrected chi connectivity index (χ1v) is 11.2. The van der Waals surface area contributed by atoms with E-state index >= 15 is 0 Å². The Morgan fingerprint density at radius 3 is 2.17 bits per heavy atom. The summed E-state index contributed by atoms with van der Waals surface area (Å²) in [6.45, 7) is 0. The predicted molar refractivity (Wildman–Crippen MR) is 131 cm³/mol. The summed E-state index contributed by atoms with van der Waals surface area (Å²) in [5, 5.41) is 1.64. The van der Waals surface area contributed by atoms with Crippen molar-refractivity contribution in [2.24, 2.45) is 5.92 Å². The van der Waals surface area contributed by atoms with Crippen LogP contribution in [0.3, 0.4) is 0 Å². The lowest BCUT2D eigenvalue weighted by atomic mass is 9.81. The lowest BCUT2D eigenvalue weighted by molar-refractivity contribution is -0.140. The molecule has 9 heteroatoms. The molecule has 0 aromatic heterocycles. The number of anilines is 1. The highest BCUT2D eigenvalue weighted by molar-refractivity contribution is 6.62. The monoisotopic (exact) mass is 487 g/mol. The van der Waals surface area contributed by atoms with Gasteiger partial charge in [-0.3, -0.25) is 9.63 Å². The number of Topliss-reactive ketones (excluding diaryl/α,β-unsaturated/α-hetero) is 1. The molecule has 0 spiro atoms. The molecule has 9 nitrogen and oxygen atoms in total. The van der Waals surface area contributed by atoms with Gasteiger partial charge in [0.05, 0.1) is 39.0 Å². The minimum Gasteiger partial charge on any atom is -0.497 e. The minimum atomic E-state index is -1.04. The first-order valence-electron chi connectivity index (χ1n) is 11.2. The molecule has 1 aliphatic heterocycles. The van der Waals surface area contributed by atoms with Gasteiger partial charge in [0.2, 0.25) is 0 Å². The second kappa shape index (κ2) is 10.9. The zero-order chi connectivity index (χ0) is 25.7. The topological polar surface area (TPSA) is 111 Å². The van der Waals surface area contributed by atoms with Crippen LogP contribution in [0.2, 0.25) is 0 Å². The van der Waals surface area contributed by atoms with Gasteiger partial charge in [0.1, 0.15) is 17.6 Å². The molecule has 184 valence electrons. The van der Waals surface area contributed by atoms with Gasteiger partial charge in [-0.15, -0.1) is 0 Å². The number of hydrogen-bond donors (Lipinski definition) is 0. The van der Waals surface area contributed by atoms with Gasteiger partial charge >= 0.3 is 11.7 Å². The summed E-state index contributed by atoms with van der Waals surface area (Å²) in [6.07, 6.45) is -0.846. The maximum absolute atomic E-state index is 13.8. The smallest absolute Gasteiger partial charge is 0.441 e. The third-order valence-corrected chi connectivity index (χ3v) is 6.05. The summed E-state index contributed by atoms with van der Waals surface area (Å²) in [6, 6.07) is 22.9. The van der Waals surface area contributed by atoms with Gasteiger partial charge in [0.15, 0.2) is 0 Å². The predicted octanol–water partition coefficient (Wildman–Crippen LogP) is 3.97. The number of para-hydroxylation sites is 1. The number of carbonyl (C=O) groups excluding carboxylic acids is 2. The van der Waals surface area contributed by atoms with E-state index in [0.29, 0.717) is 22.7 Å². The van der Waals surface area contributed by atoms with Crippen LogP contribution in [-0.2, 0) is 19.2 Å². The zero-order valence-corrected chi connectivity index (χ0v) is 20.0. The van der Waals surface area contributed by atoms with Crippen molar-refractivity contribution >= 4 is 23.2 Å². The third-order valence-electron chi connectivity index (χ3n) is 6.05. The summed E-state index contributed by atoms with van der Waals surface area (Å²) in [5.41, 5.74) is 10.9. The Balaban J connectivity index is 1.92. The van der Waals surface area contributed by atoms with Gasteiger partial charge in [-0.25, -0.2) is 9.86 Å². The summed E-state index contributed by atoms with van der Waals surface area (Å²) in [4.78, 5) is 35.6. The average molecular weight is 488 g/mol. The number of hydrogen-bond acceptors (Lipinski definition) is 7. The van der Waals surface area contributed by atoms with Crippen LogP contribution in [0.4, 0.5) is 5.69 Å². The van der Waals surface area contributed by atoms with E-state index in [1.807, 2.05) is 42.5 Å². The standard InChI is InChI=1S/C27H25N3O6/c1-33-20-14-12-17(13-15-20)24-22(25(31)23(29-28)27(32)35-3)26(18-8-7-11-21(16-18)34-2)36-30(24)19-9-5-4-6-10-19/h4-16,22,24,26H,1-3H3/t22-,24+,26-/m1/s1. The molecule has 36 heavy (non-hydrogen) atoms. The molecule has 0 saturated carbocycles. The Hall–Kier alpha value is -4.46. The van der Waals surface area contributed by atoms with Crippen molar-refractivity contribution in [2.45, 2.75) is 12.1 Å². The Bertz CT molecular complexity index is 1290. The second-order valence-corrected chi connectivity index (χ2v) is 8.01. The van der Waals surface area contributed by atoms with E-state index in [4.69, 9.17) is 19.0 Å². The molecular formula is C27H25N3O6. The van der Waals surface area contributed by atoms with Crippen molar-refractivity contribution in [1.82, 2.24) is 0 Å². The zero-order valence-electron chi connectivity index (χ0n) is 20.0. The lowest BCUT2D eigenvalue weighted by Gasteiger charge is -2.26. The number of esters is 1. The number of rotatable bonds is 8. The van der Waals surface area contributed by atoms with E-state index < -0.39 is 35.5 Å². The molecule has 3 aromatic rings. The van der Waals surface area contributed by atoms with Crippen LogP contribution in [0.15, 0.2) is 78.9 Å². The Morgan fingerprint density at radius 1 is 0.861 bits per heavy atom. The molecule has 1 heterocycles. The van der Waals surface area contributed by atoms with Gasteiger partial charge in [0, 0.05) is 0 Å². The maximum atomic E-state index is 13.8. The van der Waals surface area contributed by atoms with E-state index in [2.05, 4.69) is 4.79 Å². The molecule has 0 amide bonds. The van der Waals surface area contributed by atoms with Gasteiger partial charge in [-0.1, -0.05) is 42.5 Å². The molecule has 0 bridgehead atoms. The van der Waals surface area contributed by atoms with Gasteiger partial charge in [0.25, 0.3) is 5.78 Å². The minimum absolute atomic E-state index is 0.575. The van der Waals surface area contributed by atoms with Crippen LogP contribution in [-0.4, -0.2) is 43.6 Å². The molecule has 0 aliphatic carbocycles. The first kappa shape index (κ1) is 24.7. The fourth-order valence-corrected chi connectivity index (χ4v) is 4.32. The van der Waals surface area contributed by atoms with E-state index in [0.717, 1.165) is 12.7 Å². The molecule has 3 atom stereocenters. The van der Waals surface area contributed by atoms with Crippen LogP contribution in [0, 0.1) is 5.92 Å². The number of hydroxylamine groups is 1. The molecule has 4 rings (SSSR count). The van der Waals surface area contributed by atoms with E-state index in [9.17, 15) is 15.1 Å². The molecular weight excluding hydrogens is 462 g/mol. The fourth-order valence-electron chi connectivity index (χ4n) is 4.32. The quantitative estimate of drug-likeness (QED) is 0.155. The molecule has 3 aromatic carbocycles. The highest BCUT2D eigenvalue weighted by Crippen LogP contribution is 2.49. The largest absolute Gasteiger partial charge is 0.497 e. The van der Waals surface area contributed by atoms with Crippen molar-refractivity contribution in [2.75, 3.05) is 26.4 Å². The Kier molecular flexibility index (Phi) is 7.44. The number of ether oxygens (including phenoxy) is 3. The third kappa shape index (κ3) is 4.70. The van der Waals surface area contributed by atoms with Gasteiger partial charge in [-0.2, -0.15) is 4.79 Å². The Labute approximate surface area is 208 Å². The SMILES string of the molecule is COC(=O)C(=[N+]=[N-])C(=O)[C@@H]1[C@@H](c2cccc(OC)c2)ON(c2ccccc2)[C@H]1c1ccc(OC)cc1. The number of nitrogens with zero attached hydrogens (tertiary/aromatic N) is 3. The summed E-state index contributed by atoms with van der Waals surface area (Å²) in [5.74, 6) is -1.54. The maximum Gasteiger partial charge on any atom is 0.441 e. The van der Waals surface area contributed by atoms with Crippen LogP contribution in [0.5, 0.6) is 11.5 Å². The van der Waals surface area contributed by atoms with Crippen molar-refractivity contribution < 1.29 is 33.4 Å². The van der Waals surface area contributed by atoms with E-state index in [-0.39, 0.29) is 0 Å². The first-order chi connectivity index (χ1) is 17.5. The number of ketones is 1. The van der Waals surface area contributed by atoms with Crippen LogP contribution < -0.4 is 14.5 Å². The number of carbonyl (C=O) groups is 2. The fraction of sp³-hybridized carbons (Fsp3) is 0.222. The summed E-state index contributed by atoms with van der Waals surface area (Å²) >= 11 is 0. The van der Waals surface area contributed by atoms with Crippen LogP contribution >= 0.6 is 0 Å². The van der Waals surface area contributed by atoms with Crippen molar-refractivity contribution in [3.8, 4) is 11.5 Å². The molecule has 0 unspecified atom stereocenters. The second-order valence-electron chi connectivity index (χ2n) is 8.01. The van der Waals surface area contributed by atoms with Crippen LogP contribution in [0.1, 0.15) is 23.3 Å². The normalized spacial score (nSPS) is 18.8. The molecule has 1 aliphatic rings. The van der Waals surface area contributed by atoms with E-state index in [1.165, 1.54) is 0 Å². The highest BCUT2D eigenvalue weighted by atomic mass is 16.7. The highest BCUT2D eigenvalue weighted by Gasteiger charge is 2.53. The molecule has 0 radical (unpaired) electrons. The average Bonchev–Trinajstić information content (AvgIpc) is 3.34. The molecule has 1 fully saturated rings. The summed E-state index contributed by atoms with van der Waals surface area (Å²) in [7, 11) is 4.22. The Morgan fingerprint density at radius 2 is 1.56 bits per heavy atom. The number of methoxy groups -OCH3 is 3. The van der Waals surface area contributed by atoms with Crippen molar-refractivity contribution in [3.63, 3.8) is 0 Å². The van der Waals surface area contributed by atoms with Crippen molar-refractivity contribution in [3.05, 3.63) is 95.5 Å². The van der Waals surface area contributed by atoms with Crippen molar-refractivity contribution in [1.29, 1.82) is 0 Å². The van der Waals surface area contributed by atoms with Gasteiger partial charge in [-0.05, 0) is 47.5 Å². The van der Waals surface area contributed by atoms with Gasteiger partial charge < -0.3 is 19.7 Å². The molecule has 1 saturated heterocycles. The van der Waals surface area contributed by atoms with Crippen LogP contribution in [0.25, 0.3) is 5.53 Å². The summed E-state index contributed by atoms with van der Waals surface area (Å²) < 4.78 is 15.4. The number of benzene rings is 3. The lowest BCUT2D eigenvalue weighted by Crippen LogP contribution is -2.37. The van der Waals surface area contributed by atoms with E-state index in [1.54, 1.807) is 55.7 Å².